The Balaban J connectivity index is 1.38. The van der Waals surface area contributed by atoms with Gasteiger partial charge in [-0.2, -0.15) is 10.1 Å². The van der Waals surface area contributed by atoms with Gasteiger partial charge >= 0.3 is 0 Å². The summed E-state index contributed by atoms with van der Waals surface area (Å²) in [6.45, 7) is 3.10. The van der Waals surface area contributed by atoms with E-state index in [1.165, 1.54) is 31.4 Å². The summed E-state index contributed by atoms with van der Waals surface area (Å²) in [4.78, 5) is 11.9. The number of fused-ring (bicyclic) bond motifs is 2. The van der Waals surface area contributed by atoms with Crippen LogP contribution in [0.2, 0.25) is 0 Å². The molecule has 2 aromatic rings. The van der Waals surface area contributed by atoms with E-state index in [4.69, 9.17) is 9.97 Å². The van der Waals surface area contributed by atoms with Gasteiger partial charge in [-0.1, -0.05) is 0 Å². The van der Waals surface area contributed by atoms with Gasteiger partial charge in [0.2, 0.25) is 5.95 Å². The summed E-state index contributed by atoms with van der Waals surface area (Å²) in [7, 11) is 2.06. The van der Waals surface area contributed by atoms with Crippen molar-refractivity contribution < 1.29 is 0 Å². The number of anilines is 3. The maximum absolute atomic E-state index is 4.79. The average molecular weight is 339 g/mol. The van der Waals surface area contributed by atoms with E-state index in [0.717, 1.165) is 35.7 Å². The monoisotopic (exact) mass is 339 g/mol. The highest BCUT2D eigenvalue weighted by molar-refractivity contribution is 5.55. The van der Waals surface area contributed by atoms with Gasteiger partial charge in [-0.05, 0) is 45.6 Å². The first-order valence-electron chi connectivity index (χ1n) is 9.31. The molecule has 0 aromatic carbocycles. The molecule has 1 unspecified atom stereocenters. The summed E-state index contributed by atoms with van der Waals surface area (Å²) in [5.41, 5.74) is 2.21. The van der Waals surface area contributed by atoms with Gasteiger partial charge in [-0.25, -0.2) is 4.98 Å². The van der Waals surface area contributed by atoms with E-state index in [9.17, 15) is 0 Å². The molecule has 132 valence electrons. The molecule has 0 radical (unpaired) electrons. The van der Waals surface area contributed by atoms with Crippen molar-refractivity contribution >= 4 is 17.6 Å². The van der Waals surface area contributed by atoms with E-state index < -0.39 is 0 Å². The molecule has 1 aliphatic heterocycles. The van der Waals surface area contributed by atoms with Gasteiger partial charge in [-0.3, -0.25) is 5.10 Å². The lowest BCUT2D eigenvalue weighted by Gasteiger charge is -2.33. The number of aryl methyl sites for hydroxylation is 1. The van der Waals surface area contributed by atoms with Crippen LogP contribution in [0.25, 0.3) is 0 Å². The van der Waals surface area contributed by atoms with E-state index >= 15 is 0 Å². The first kappa shape index (κ1) is 15.1. The number of hydrogen-bond acceptors (Lipinski definition) is 6. The molecule has 2 saturated carbocycles. The smallest absolute Gasteiger partial charge is 0.227 e. The minimum atomic E-state index is 0.511. The molecule has 5 rings (SSSR count). The predicted octanol–water partition coefficient (Wildman–Crippen LogP) is 2.32. The minimum absolute atomic E-state index is 0.511. The molecule has 2 aliphatic carbocycles. The third-order valence-electron chi connectivity index (χ3n) is 5.82. The number of piperidine rings is 1. The Kier molecular flexibility index (Phi) is 3.45. The number of nitrogens with one attached hydrogen (secondary N) is 3. The SMILES string of the molecule is CN[C@@H]1CC2C[C@H]1N(c1nc(C)cc(Nc3cc(C4CC4)[nH]n3)n1)C2. The standard InChI is InChI=1S/C18H25N7/c1-10-5-16(21-17-8-13(23-24-17)12-3-4-12)22-18(20-10)25-9-11-6-14(19-2)15(25)7-11/h5,8,11-12,14-15,19H,3-4,6-7,9H2,1-2H3,(H2,20,21,22,23,24)/t11?,14-,15-/m1/s1. The van der Waals surface area contributed by atoms with Gasteiger partial charge in [0, 0.05) is 48.1 Å². The molecule has 0 spiro atoms. The summed E-state index contributed by atoms with van der Waals surface area (Å²) < 4.78 is 0. The molecule has 3 atom stereocenters. The van der Waals surface area contributed by atoms with Crippen LogP contribution in [0.1, 0.15) is 43.0 Å². The zero-order valence-electron chi connectivity index (χ0n) is 14.8. The molecule has 25 heavy (non-hydrogen) atoms. The van der Waals surface area contributed by atoms with E-state index in [1.54, 1.807) is 0 Å². The topological polar surface area (TPSA) is 81.8 Å². The molecule has 2 bridgehead atoms. The number of nitrogens with zero attached hydrogens (tertiary/aromatic N) is 4. The van der Waals surface area contributed by atoms with Crippen LogP contribution in [0.4, 0.5) is 17.6 Å². The maximum atomic E-state index is 4.79. The summed E-state index contributed by atoms with van der Waals surface area (Å²) in [5.74, 6) is 3.93. The number of H-pyrrole nitrogens is 1. The van der Waals surface area contributed by atoms with Crippen molar-refractivity contribution in [3.05, 3.63) is 23.5 Å². The third kappa shape index (κ3) is 2.76. The Bertz CT molecular complexity index is 781. The van der Waals surface area contributed by atoms with Crippen molar-refractivity contribution in [3.8, 4) is 0 Å². The molecular weight excluding hydrogens is 314 g/mol. The predicted molar refractivity (Wildman–Crippen MR) is 97.3 cm³/mol. The van der Waals surface area contributed by atoms with E-state index in [2.05, 4.69) is 38.8 Å². The lowest BCUT2D eigenvalue weighted by atomic mass is 10.1. The lowest BCUT2D eigenvalue weighted by Crippen LogP contribution is -2.47. The lowest BCUT2D eigenvalue weighted by molar-refractivity contribution is 0.434. The minimum Gasteiger partial charge on any atom is -0.336 e. The fraction of sp³-hybridized carbons (Fsp3) is 0.611. The summed E-state index contributed by atoms with van der Waals surface area (Å²) in [6, 6.07) is 5.14. The molecule has 7 nitrogen and oxygen atoms in total. The van der Waals surface area contributed by atoms with Crippen molar-refractivity contribution in [2.45, 2.75) is 50.6 Å². The molecule has 7 heteroatoms. The molecule has 3 N–H and O–H groups in total. The zero-order chi connectivity index (χ0) is 17.0. The van der Waals surface area contributed by atoms with Crippen molar-refractivity contribution in [2.75, 3.05) is 23.8 Å². The second-order valence-electron chi connectivity index (χ2n) is 7.75. The Labute approximate surface area is 147 Å². The van der Waals surface area contributed by atoms with Gasteiger partial charge in [0.15, 0.2) is 5.82 Å². The van der Waals surface area contributed by atoms with Crippen molar-refractivity contribution in [2.24, 2.45) is 5.92 Å². The summed E-state index contributed by atoms with van der Waals surface area (Å²) >= 11 is 0. The molecule has 3 heterocycles. The van der Waals surface area contributed by atoms with E-state index in [-0.39, 0.29) is 0 Å². The Hall–Kier alpha value is -2.15. The largest absolute Gasteiger partial charge is 0.336 e. The first-order chi connectivity index (χ1) is 12.2. The van der Waals surface area contributed by atoms with Crippen LogP contribution in [0.5, 0.6) is 0 Å². The van der Waals surface area contributed by atoms with Gasteiger partial charge in [0.1, 0.15) is 5.82 Å². The highest BCUT2D eigenvalue weighted by Crippen LogP contribution is 2.40. The number of aromatic nitrogens is 4. The van der Waals surface area contributed by atoms with Crippen molar-refractivity contribution in [3.63, 3.8) is 0 Å². The molecule has 2 aromatic heterocycles. The molecular formula is C18H25N7. The second kappa shape index (κ2) is 5.69. The quantitative estimate of drug-likeness (QED) is 0.775. The van der Waals surface area contributed by atoms with E-state index in [0.29, 0.717) is 18.0 Å². The van der Waals surface area contributed by atoms with Crippen LogP contribution in [0.3, 0.4) is 0 Å². The molecule has 3 fully saturated rings. The van der Waals surface area contributed by atoms with Crippen LogP contribution in [-0.2, 0) is 0 Å². The fourth-order valence-electron chi connectivity index (χ4n) is 4.45. The average Bonchev–Trinajstić information content (AvgIpc) is 3.04. The van der Waals surface area contributed by atoms with Crippen molar-refractivity contribution in [1.82, 2.24) is 25.5 Å². The Morgan fingerprint density at radius 3 is 2.80 bits per heavy atom. The number of aromatic amines is 1. The van der Waals surface area contributed by atoms with E-state index in [1.807, 2.05) is 13.0 Å². The summed E-state index contributed by atoms with van der Waals surface area (Å²) in [6.07, 6.45) is 5.05. The van der Waals surface area contributed by atoms with Gasteiger partial charge < -0.3 is 15.5 Å². The van der Waals surface area contributed by atoms with Crippen LogP contribution < -0.4 is 15.5 Å². The number of likely N-dealkylation sites (N-methyl/N-ethyl adjacent to an activating group) is 1. The molecule has 0 amide bonds. The van der Waals surface area contributed by atoms with Gasteiger partial charge in [0.25, 0.3) is 0 Å². The fourth-order valence-corrected chi connectivity index (χ4v) is 4.45. The Morgan fingerprint density at radius 2 is 2.04 bits per heavy atom. The maximum Gasteiger partial charge on any atom is 0.227 e. The van der Waals surface area contributed by atoms with Gasteiger partial charge in [-0.15, -0.1) is 0 Å². The first-order valence-corrected chi connectivity index (χ1v) is 9.31. The third-order valence-corrected chi connectivity index (χ3v) is 5.82. The molecule has 1 saturated heterocycles. The Morgan fingerprint density at radius 1 is 1.16 bits per heavy atom. The number of rotatable bonds is 5. The van der Waals surface area contributed by atoms with Crippen LogP contribution in [0.15, 0.2) is 12.1 Å². The van der Waals surface area contributed by atoms with Gasteiger partial charge in [0.05, 0.1) is 0 Å². The van der Waals surface area contributed by atoms with Crippen molar-refractivity contribution in [1.29, 1.82) is 0 Å². The van der Waals surface area contributed by atoms with Crippen LogP contribution in [0, 0.1) is 12.8 Å². The van der Waals surface area contributed by atoms with Crippen LogP contribution in [-0.4, -0.2) is 45.8 Å². The number of hydrogen-bond donors (Lipinski definition) is 3. The molecule has 3 aliphatic rings. The second-order valence-corrected chi connectivity index (χ2v) is 7.75. The highest BCUT2D eigenvalue weighted by atomic mass is 15.3. The summed E-state index contributed by atoms with van der Waals surface area (Å²) in [5, 5.41) is 14.3. The van der Waals surface area contributed by atoms with Crippen LogP contribution >= 0.6 is 0 Å². The zero-order valence-corrected chi connectivity index (χ0v) is 14.8. The normalized spacial score (nSPS) is 27.9. The highest BCUT2D eigenvalue weighted by Gasteiger charge is 2.45.